The summed E-state index contributed by atoms with van der Waals surface area (Å²) < 4.78 is 2.15. The Balaban J connectivity index is 1.50. The average Bonchev–Trinajstić information content (AvgIpc) is 3.27. The zero-order valence-electron chi connectivity index (χ0n) is 22.6. The molecule has 0 aliphatic carbocycles. The van der Waals surface area contributed by atoms with Gasteiger partial charge in [0, 0.05) is 22.3 Å². The third-order valence-electron chi connectivity index (χ3n) is 8.05. The molecule has 39 heavy (non-hydrogen) atoms. The van der Waals surface area contributed by atoms with E-state index in [2.05, 4.69) is 130 Å². The summed E-state index contributed by atoms with van der Waals surface area (Å²) in [5.41, 5.74) is 11.4. The second-order valence-corrected chi connectivity index (χ2v) is 10.1. The summed E-state index contributed by atoms with van der Waals surface area (Å²) in [6.07, 6.45) is 5.72. The van der Waals surface area contributed by atoms with Crippen LogP contribution in [0.1, 0.15) is 22.4 Å². The van der Waals surface area contributed by atoms with E-state index in [-0.39, 0.29) is 0 Å². The fourth-order valence-electron chi connectivity index (χ4n) is 6.06. The highest BCUT2D eigenvalue weighted by Crippen LogP contribution is 2.37. The van der Waals surface area contributed by atoms with Crippen molar-refractivity contribution in [3.63, 3.8) is 0 Å². The summed E-state index contributed by atoms with van der Waals surface area (Å²) in [7, 11) is 0. The maximum Gasteiger partial charge on any atom is 0.0537 e. The lowest BCUT2D eigenvalue weighted by atomic mass is 9.90. The van der Waals surface area contributed by atoms with Crippen molar-refractivity contribution in [1.82, 2.24) is 4.57 Å². The van der Waals surface area contributed by atoms with Gasteiger partial charge in [-0.1, -0.05) is 99.1 Å². The molecule has 5 aromatic carbocycles. The lowest BCUT2D eigenvalue weighted by Crippen LogP contribution is -1.95. The molecule has 0 radical (unpaired) electrons. The van der Waals surface area contributed by atoms with Crippen molar-refractivity contribution < 1.29 is 0 Å². The number of rotatable bonds is 6. The Morgan fingerprint density at radius 2 is 1.18 bits per heavy atom. The number of benzene rings is 5. The molecular weight excluding hydrogens is 470 g/mol. The second kappa shape index (κ2) is 9.45. The van der Waals surface area contributed by atoms with Gasteiger partial charge >= 0.3 is 0 Å². The van der Waals surface area contributed by atoms with Crippen molar-refractivity contribution in [2.75, 3.05) is 0 Å². The summed E-state index contributed by atoms with van der Waals surface area (Å²) in [5, 5.41) is 6.22. The molecule has 0 unspecified atom stereocenters. The third kappa shape index (κ3) is 3.78. The van der Waals surface area contributed by atoms with Crippen LogP contribution in [0.3, 0.4) is 0 Å². The highest BCUT2D eigenvalue weighted by atomic mass is 15.0. The Kier molecular flexibility index (Phi) is 5.93. The van der Waals surface area contributed by atoms with Crippen molar-refractivity contribution in [3.8, 4) is 22.3 Å². The fourth-order valence-corrected chi connectivity index (χ4v) is 6.06. The van der Waals surface area contributed by atoms with Crippen molar-refractivity contribution in [2.24, 2.45) is 0 Å². The van der Waals surface area contributed by atoms with Crippen LogP contribution in [0, 0.1) is 13.8 Å². The summed E-state index contributed by atoms with van der Waals surface area (Å²) in [4.78, 5) is 0. The van der Waals surface area contributed by atoms with E-state index in [4.69, 9.17) is 0 Å². The predicted molar refractivity (Wildman–Crippen MR) is 173 cm³/mol. The molecule has 0 spiro atoms. The molecule has 6 aromatic rings. The molecule has 0 saturated carbocycles. The first-order valence-corrected chi connectivity index (χ1v) is 13.2. The van der Waals surface area contributed by atoms with Crippen molar-refractivity contribution in [3.05, 3.63) is 140 Å². The van der Waals surface area contributed by atoms with E-state index < -0.39 is 0 Å². The topological polar surface area (TPSA) is 4.93 Å². The molecule has 188 valence electrons. The molecule has 0 fully saturated rings. The van der Waals surface area contributed by atoms with Gasteiger partial charge in [-0.3, -0.25) is 0 Å². The van der Waals surface area contributed by atoms with Gasteiger partial charge in [0.25, 0.3) is 0 Å². The van der Waals surface area contributed by atoms with E-state index in [0.717, 1.165) is 27.9 Å². The van der Waals surface area contributed by atoms with Crippen LogP contribution in [-0.4, -0.2) is 4.57 Å². The quantitative estimate of drug-likeness (QED) is 0.158. The minimum atomic E-state index is 0.860. The zero-order valence-corrected chi connectivity index (χ0v) is 22.6. The summed E-state index contributed by atoms with van der Waals surface area (Å²) in [6.45, 7) is 20.6. The first kappa shape index (κ1) is 24.5. The Hall–Kier alpha value is -4.88. The number of allylic oxidation sites excluding steroid dienone is 2. The van der Waals surface area contributed by atoms with E-state index in [1.54, 1.807) is 6.08 Å². The largest absolute Gasteiger partial charge is 0.314 e. The number of hydrogen-bond acceptors (Lipinski definition) is 0. The van der Waals surface area contributed by atoms with Gasteiger partial charge in [0.2, 0.25) is 0 Å². The van der Waals surface area contributed by atoms with Gasteiger partial charge in [-0.15, -0.1) is 0 Å². The Morgan fingerprint density at radius 1 is 0.590 bits per heavy atom. The zero-order chi connectivity index (χ0) is 27.3. The summed E-state index contributed by atoms with van der Waals surface area (Å²) in [6, 6.07) is 30.9. The molecule has 1 nitrogen and oxygen atoms in total. The third-order valence-corrected chi connectivity index (χ3v) is 8.05. The highest BCUT2D eigenvalue weighted by molar-refractivity contribution is 6.13. The van der Waals surface area contributed by atoms with Gasteiger partial charge in [0.05, 0.1) is 5.52 Å². The number of fused-ring (bicyclic) bond motifs is 4. The van der Waals surface area contributed by atoms with Crippen LogP contribution in [0.2, 0.25) is 0 Å². The minimum Gasteiger partial charge on any atom is -0.314 e. The van der Waals surface area contributed by atoms with Gasteiger partial charge in [0.15, 0.2) is 0 Å². The number of hydrogen-bond donors (Lipinski definition) is 0. The molecule has 0 saturated heterocycles. The molecular formula is C38H31N. The molecule has 1 heteroatoms. The molecule has 0 aliphatic heterocycles. The molecule has 0 N–H and O–H groups in total. The van der Waals surface area contributed by atoms with Crippen LogP contribution in [-0.2, 0) is 0 Å². The fraction of sp³-hybridized carbons (Fsp3) is 0.0526. The summed E-state index contributed by atoms with van der Waals surface area (Å²) >= 11 is 0. The molecule has 1 aromatic heterocycles. The van der Waals surface area contributed by atoms with Gasteiger partial charge < -0.3 is 4.57 Å². The molecule has 0 amide bonds. The van der Waals surface area contributed by atoms with Crippen LogP contribution >= 0.6 is 0 Å². The second-order valence-electron chi connectivity index (χ2n) is 10.1. The van der Waals surface area contributed by atoms with Gasteiger partial charge in [-0.05, 0) is 99.1 Å². The first-order valence-electron chi connectivity index (χ1n) is 13.2. The normalized spacial score (nSPS) is 11.2. The number of nitrogens with zero attached hydrogens (tertiary/aromatic N) is 1. The van der Waals surface area contributed by atoms with Crippen LogP contribution in [0.25, 0.3) is 72.6 Å². The average molecular weight is 502 g/mol. The van der Waals surface area contributed by atoms with Crippen molar-refractivity contribution >= 4 is 50.3 Å². The summed E-state index contributed by atoms with van der Waals surface area (Å²) in [5.74, 6) is 0. The highest BCUT2D eigenvalue weighted by Gasteiger charge is 2.15. The lowest BCUT2D eigenvalue weighted by molar-refractivity contribution is 1.09. The first-order chi connectivity index (χ1) is 19.0. The Bertz CT molecular complexity index is 1990. The predicted octanol–water partition coefficient (Wildman–Crippen LogP) is 10.8. The van der Waals surface area contributed by atoms with E-state index in [1.807, 2.05) is 12.2 Å². The molecule has 0 bridgehead atoms. The SMILES string of the molecule is C=CC(=C)n1c(C)c(C=C)c2cc(-c3cccc(-c4ccc5c(c4)c(C=C)c(C)c4ccccc45)c3)ccc21. The standard InChI is InChI=1S/C38H31N/c1-7-24(4)39-26(6)32(9-3)37-23-30(18-20-38(37)39)28-14-12-13-27(21-28)29-17-19-35-34-16-11-10-15-33(34)25(5)31(8-2)36(35)22-29/h7-23H,1-4H2,5-6H3. The van der Waals surface area contributed by atoms with Gasteiger partial charge in [0.1, 0.15) is 0 Å². The minimum absolute atomic E-state index is 0.860. The molecule has 0 atom stereocenters. The maximum atomic E-state index is 4.19. The van der Waals surface area contributed by atoms with Gasteiger partial charge in [-0.2, -0.15) is 0 Å². The Morgan fingerprint density at radius 3 is 1.85 bits per heavy atom. The Labute approximate surface area is 230 Å². The van der Waals surface area contributed by atoms with Crippen molar-refractivity contribution in [1.29, 1.82) is 0 Å². The van der Waals surface area contributed by atoms with Crippen LogP contribution in [0.4, 0.5) is 0 Å². The molecule has 0 aliphatic rings. The molecule has 6 rings (SSSR count). The smallest absolute Gasteiger partial charge is 0.0537 e. The van der Waals surface area contributed by atoms with Crippen LogP contribution in [0.5, 0.6) is 0 Å². The van der Waals surface area contributed by atoms with Crippen LogP contribution in [0.15, 0.2) is 117 Å². The lowest BCUT2D eigenvalue weighted by Gasteiger charge is -2.14. The van der Waals surface area contributed by atoms with E-state index in [0.29, 0.717) is 0 Å². The van der Waals surface area contributed by atoms with Crippen LogP contribution < -0.4 is 0 Å². The maximum absolute atomic E-state index is 4.19. The number of aromatic nitrogens is 1. The van der Waals surface area contributed by atoms with E-state index in [9.17, 15) is 0 Å². The molecule has 1 heterocycles. The number of aryl methyl sites for hydroxylation is 1. The monoisotopic (exact) mass is 501 g/mol. The van der Waals surface area contributed by atoms with E-state index >= 15 is 0 Å². The van der Waals surface area contributed by atoms with Crippen molar-refractivity contribution in [2.45, 2.75) is 13.8 Å². The van der Waals surface area contributed by atoms with E-state index in [1.165, 1.54) is 54.9 Å². The van der Waals surface area contributed by atoms with Gasteiger partial charge in [-0.25, -0.2) is 0 Å².